The Kier molecular flexibility index (Phi) is 6.59. The minimum Gasteiger partial charge on any atom is -0.394 e. The van der Waals surface area contributed by atoms with Gasteiger partial charge in [0.25, 0.3) is 0 Å². The van der Waals surface area contributed by atoms with Crippen LogP contribution in [0.1, 0.15) is 19.4 Å². The molecule has 0 unspecified atom stereocenters. The molecule has 1 aromatic carbocycles. The standard InChI is InChI=1S/C21H24BrN5O/c1-13(2)19(12-28)26-21-25-18(17-6-4-5-9-23-17)11-20(27-21)24-15-7-8-16(22)14(3)10-15/h4-11,13,19,28H,12H2,1-3H3,(H2,24,25,26,27)/t19-/m0/s1. The Morgan fingerprint density at radius 1 is 1.07 bits per heavy atom. The second-order valence-electron chi connectivity index (χ2n) is 6.94. The van der Waals surface area contributed by atoms with E-state index in [-0.39, 0.29) is 18.6 Å². The topological polar surface area (TPSA) is 83.0 Å². The molecule has 0 fully saturated rings. The molecule has 0 saturated heterocycles. The lowest BCUT2D eigenvalue weighted by atomic mass is 10.1. The first-order chi connectivity index (χ1) is 13.5. The fourth-order valence-corrected chi connectivity index (χ4v) is 2.93. The van der Waals surface area contributed by atoms with Crippen molar-refractivity contribution in [2.45, 2.75) is 26.8 Å². The molecule has 0 amide bonds. The zero-order valence-corrected chi connectivity index (χ0v) is 17.7. The molecule has 3 rings (SSSR count). The second-order valence-corrected chi connectivity index (χ2v) is 7.80. The molecule has 2 aromatic heterocycles. The molecule has 0 bridgehead atoms. The number of pyridine rings is 1. The molecule has 0 aliphatic rings. The lowest BCUT2D eigenvalue weighted by Gasteiger charge is -2.20. The first-order valence-corrected chi connectivity index (χ1v) is 9.96. The summed E-state index contributed by atoms with van der Waals surface area (Å²) in [6, 6.07) is 13.5. The van der Waals surface area contributed by atoms with Gasteiger partial charge >= 0.3 is 0 Å². The van der Waals surface area contributed by atoms with Gasteiger partial charge in [0.1, 0.15) is 5.82 Å². The van der Waals surface area contributed by atoms with Crippen LogP contribution in [0.3, 0.4) is 0 Å². The van der Waals surface area contributed by atoms with E-state index in [9.17, 15) is 5.11 Å². The number of aromatic nitrogens is 3. The molecule has 146 valence electrons. The van der Waals surface area contributed by atoms with Gasteiger partial charge in [-0.15, -0.1) is 0 Å². The number of aliphatic hydroxyl groups is 1. The molecule has 0 saturated carbocycles. The van der Waals surface area contributed by atoms with E-state index in [0.717, 1.165) is 21.4 Å². The molecule has 0 aliphatic carbocycles. The molecule has 2 heterocycles. The van der Waals surface area contributed by atoms with Crippen LogP contribution in [0.2, 0.25) is 0 Å². The van der Waals surface area contributed by atoms with Crippen LogP contribution >= 0.6 is 15.9 Å². The summed E-state index contributed by atoms with van der Waals surface area (Å²) in [5.74, 6) is 1.34. The van der Waals surface area contributed by atoms with Crippen LogP contribution in [-0.2, 0) is 0 Å². The van der Waals surface area contributed by atoms with Crippen molar-refractivity contribution in [3.8, 4) is 11.4 Å². The molecule has 28 heavy (non-hydrogen) atoms. The van der Waals surface area contributed by atoms with Gasteiger partial charge in [0, 0.05) is 22.4 Å². The van der Waals surface area contributed by atoms with Crippen LogP contribution in [-0.4, -0.2) is 32.7 Å². The first-order valence-electron chi connectivity index (χ1n) is 9.17. The van der Waals surface area contributed by atoms with Gasteiger partial charge in [-0.3, -0.25) is 4.98 Å². The number of aryl methyl sites for hydroxylation is 1. The monoisotopic (exact) mass is 441 g/mol. The number of nitrogens with one attached hydrogen (secondary N) is 2. The van der Waals surface area contributed by atoms with Gasteiger partial charge in [0.2, 0.25) is 5.95 Å². The van der Waals surface area contributed by atoms with E-state index in [0.29, 0.717) is 17.5 Å². The highest BCUT2D eigenvalue weighted by atomic mass is 79.9. The van der Waals surface area contributed by atoms with Crippen molar-refractivity contribution in [1.82, 2.24) is 15.0 Å². The largest absolute Gasteiger partial charge is 0.394 e. The molecule has 3 aromatic rings. The SMILES string of the molecule is Cc1cc(Nc2cc(-c3ccccn3)nc(N[C@@H](CO)C(C)C)n2)ccc1Br. The average molecular weight is 442 g/mol. The fraction of sp³-hybridized carbons (Fsp3) is 0.286. The molecule has 7 heteroatoms. The van der Waals surface area contributed by atoms with Crippen LogP contribution in [0, 0.1) is 12.8 Å². The van der Waals surface area contributed by atoms with Crippen LogP contribution in [0.15, 0.2) is 53.1 Å². The highest BCUT2D eigenvalue weighted by molar-refractivity contribution is 9.10. The van der Waals surface area contributed by atoms with Crippen LogP contribution in [0.25, 0.3) is 11.4 Å². The summed E-state index contributed by atoms with van der Waals surface area (Å²) in [5, 5.41) is 16.2. The van der Waals surface area contributed by atoms with E-state index in [1.807, 2.05) is 63.2 Å². The zero-order valence-electron chi connectivity index (χ0n) is 16.1. The highest BCUT2D eigenvalue weighted by Gasteiger charge is 2.15. The summed E-state index contributed by atoms with van der Waals surface area (Å²) in [5.41, 5.74) is 3.52. The lowest BCUT2D eigenvalue weighted by molar-refractivity contribution is 0.248. The van der Waals surface area contributed by atoms with Gasteiger partial charge in [-0.2, -0.15) is 4.98 Å². The van der Waals surface area contributed by atoms with Crippen molar-refractivity contribution in [3.63, 3.8) is 0 Å². The predicted molar refractivity (Wildman–Crippen MR) is 117 cm³/mol. The molecule has 6 nitrogen and oxygen atoms in total. The minimum atomic E-state index is -0.137. The molecule has 0 radical (unpaired) electrons. The summed E-state index contributed by atoms with van der Waals surface area (Å²) in [4.78, 5) is 13.6. The van der Waals surface area contributed by atoms with Crippen LogP contribution in [0.5, 0.6) is 0 Å². The maximum Gasteiger partial charge on any atom is 0.225 e. The van der Waals surface area contributed by atoms with Crippen LogP contribution in [0.4, 0.5) is 17.5 Å². The minimum absolute atomic E-state index is 0.00348. The van der Waals surface area contributed by atoms with Crippen molar-refractivity contribution in [1.29, 1.82) is 0 Å². The summed E-state index contributed by atoms with van der Waals surface area (Å²) < 4.78 is 1.06. The Labute approximate surface area is 173 Å². The third-order valence-electron chi connectivity index (χ3n) is 4.40. The zero-order chi connectivity index (χ0) is 20.1. The van der Waals surface area contributed by atoms with Gasteiger partial charge in [0.15, 0.2) is 0 Å². The van der Waals surface area contributed by atoms with E-state index < -0.39 is 0 Å². The number of hydrogen-bond donors (Lipinski definition) is 3. The molecule has 0 aliphatic heterocycles. The van der Waals surface area contributed by atoms with Crippen molar-refractivity contribution < 1.29 is 5.11 Å². The van der Waals surface area contributed by atoms with E-state index in [1.54, 1.807) is 6.20 Å². The van der Waals surface area contributed by atoms with Gasteiger partial charge in [-0.25, -0.2) is 4.98 Å². The Morgan fingerprint density at radius 2 is 1.89 bits per heavy atom. The summed E-state index contributed by atoms with van der Waals surface area (Å²) in [7, 11) is 0. The number of rotatable bonds is 7. The third kappa shape index (κ3) is 5.05. The fourth-order valence-electron chi connectivity index (χ4n) is 2.68. The molecule has 0 spiro atoms. The maximum atomic E-state index is 9.65. The van der Waals surface area contributed by atoms with Crippen molar-refractivity contribution in [2.75, 3.05) is 17.2 Å². The van der Waals surface area contributed by atoms with Crippen molar-refractivity contribution >= 4 is 33.4 Å². The van der Waals surface area contributed by atoms with E-state index >= 15 is 0 Å². The van der Waals surface area contributed by atoms with Gasteiger partial charge < -0.3 is 15.7 Å². The summed E-state index contributed by atoms with van der Waals surface area (Å²) in [6.45, 7) is 6.13. The predicted octanol–water partition coefficient (Wildman–Crippen LogP) is 4.78. The van der Waals surface area contributed by atoms with Gasteiger partial charge in [-0.05, 0) is 48.7 Å². The first kappa shape index (κ1) is 20.2. The number of hydrogen-bond acceptors (Lipinski definition) is 6. The number of nitrogens with zero attached hydrogens (tertiary/aromatic N) is 3. The van der Waals surface area contributed by atoms with Crippen LogP contribution < -0.4 is 10.6 Å². The Bertz CT molecular complexity index is 933. The van der Waals surface area contributed by atoms with E-state index in [4.69, 9.17) is 0 Å². The molecule has 1 atom stereocenters. The number of aliphatic hydroxyl groups excluding tert-OH is 1. The quantitative estimate of drug-likeness (QED) is 0.489. The Balaban J connectivity index is 1.97. The molecular formula is C21H24BrN5O. The number of anilines is 3. The highest BCUT2D eigenvalue weighted by Crippen LogP contribution is 2.25. The summed E-state index contributed by atoms with van der Waals surface area (Å²) >= 11 is 3.52. The molecular weight excluding hydrogens is 418 g/mol. The van der Waals surface area contributed by atoms with E-state index in [2.05, 4.69) is 41.5 Å². The number of benzene rings is 1. The Hall–Kier alpha value is -2.51. The summed E-state index contributed by atoms with van der Waals surface area (Å²) in [6.07, 6.45) is 1.74. The molecule has 3 N–H and O–H groups in total. The van der Waals surface area contributed by atoms with Crippen molar-refractivity contribution in [3.05, 3.63) is 58.7 Å². The third-order valence-corrected chi connectivity index (χ3v) is 5.29. The van der Waals surface area contributed by atoms with Gasteiger partial charge in [-0.1, -0.05) is 35.8 Å². The smallest absolute Gasteiger partial charge is 0.225 e. The van der Waals surface area contributed by atoms with Gasteiger partial charge in [0.05, 0.1) is 24.0 Å². The van der Waals surface area contributed by atoms with Crippen molar-refractivity contribution in [2.24, 2.45) is 5.92 Å². The van der Waals surface area contributed by atoms with E-state index in [1.165, 1.54) is 0 Å². The number of halogens is 1. The second kappa shape index (κ2) is 9.12. The average Bonchev–Trinajstić information content (AvgIpc) is 2.69. The Morgan fingerprint density at radius 3 is 2.54 bits per heavy atom. The lowest BCUT2D eigenvalue weighted by Crippen LogP contribution is -2.30. The maximum absolute atomic E-state index is 9.65. The normalized spacial score (nSPS) is 12.1.